The normalized spacial score (nSPS) is 19.5. The van der Waals surface area contributed by atoms with Gasteiger partial charge in [-0.25, -0.2) is 8.42 Å². The van der Waals surface area contributed by atoms with Gasteiger partial charge in [0.1, 0.15) is 17.9 Å². The maximum Gasteiger partial charge on any atom is 0.263 e. The molecule has 1 aliphatic rings. The number of carbonyl (C=O) groups excluding carboxylic acids is 2. The highest BCUT2D eigenvalue weighted by Gasteiger charge is 2.33. The van der Waals surface area contributed by atoms with Gasteiger partial charge in [0.25, 0.3) is 10.0 Å². The van der Waals surface area contributed by atoms with Gasteiger partial charge in [0.15, 0.2) is 0 Å². The first kappa shape index (κ1) is 20.9. The lowest BCUT2D eigenvalue weighted by molar-refractivity contribution is -0.129. The first-order valence-corrected chi connectivity index (χ1v) is 10.5. The molecule has 2 rings (SSSR count). The van der Waals surface area contributed by atoms with E-state index in [-0.39, 0.29) is 22.6 Å². The van der Waals surface area contributed by atoms with Gasteiger partial charge in [-0.15, -0.1) is 0 Å². The zero-order valence-corrected chi connectivity index (χ0v) is 16.8. The summed E-state index contributed by atoms with van der Waals surface area (Å²) >= 11 is 0. The van der Waals surface area contributed by atoms with E-state index >= 15 is 0 Å². The summed E-state index contributed by atoms with van der Waals surface area (Å²) in [5.74, 6) is -0.694. The lowest BCUT2D eigenvalue weighted by Gasteiger charge is -2.21. The Morgan fingerprint density at radius 3 is 2.44 bits per heavy atom. The third-order valence-corrected chi connectivity index (χ3v) is 5.88. The SMILES string of the molecule is CCNC(=O)[C@H](C)NC(=O)[C@H](N=C1NS(=O)(=O)c2ccccc21)[C@H](C)CC. The van der Waals surface area contributed by atoms with Crippen LogP contribution >= 0.6 is 0 Å². The molecule has 2 amide bonds. The number of hydrogen-bond acceptors (Lipinski definition) is 5. The molecule has 1 heterocycles. The van der Waals surface area contributed by atoms with Crippen LogP contribution in [0.5, 0.6) is 0 Å². The Morgan fingerprint density at radius 2 is 1.81 bits per heavy atom. The van der Waals surface area contributed by atoms with Crippen LogP contribution in [0, 0.1) is 5.92 Å². The van der Waals surface area contributed by atoms with E-state index in [4.69, 9.17) is 0 Å². The molecule has 8 nitrogen and oxygen atoms in total. The van der Waals surface area contributed by atoms with Crippen LogP contribution < -0.4 is 15.4 Å². The Balaban J connectivity index is 2.32. The van der Waals surface area contributed by atoms with Crippen LogP contribution in [-0.4, -0.2) is 44.7 Å². The van der Waals surface area contributed by atoms with E-state index in [0.717, 1.165) is 0 Å². The molecule has 3 N–H and O–H groups in total. The molecule has 0 unspecified atom stereocenters. The van der Waals surface area contributed by atoms with Crippen LogP contribution in [-0.2, 0) is 19.6 Å². The molecule has 3 atom stereocenters. The molecule has 0 fully saturated rings. The van der Waals surface area contributed by atoms with E-state index in [0.29, 0.717) is 18.5 Å². The molecule has 1 aromatic rings. The van der Waals surface area contributed by atoms with E-state index in [2.05, 4.69) is 20.3 Å². The van der Waals surface area contributed by atoms with Crippen LogP contribution in [0.2, 0.25) is 0 Å². The molecule has 0 aromatic heterocycles. The van der Waals surface area contributed by atoms with Gasteiger partial charge in [-0.2, -0.15) is 0 Å². The quantitative estimate of drug-likeness (QED) is 0.633. The van der Waals surface area contributed by atoms with Crippen molar-refractivity contribution in [1.82, 2.24) is 15.4 Å². The molecule has 0 saturated heterocycles. The smallest absolute Gasteiger partial charge is 0.263 e. The van der Waals surface area contributed by atoms with Crippen molar-refractivity contribution >= 4 is 27.7 Å². The Labute approximate surface area is 159 Å². The number of rotatable bonds is 7. The Morgan fingerprint density at radius 1 is 1.15 bits per heavy atom. The fourth-order valence-corrected chi connectivity index (χ4v) is 3.97. The number of sulfonamides is 1. The summed E-state index contributed by atoms with van der Waals surface area (Å²) in [6.07, 6.45) is 0.665. The van der Waals surface area contributed by atoms with E-state index in [1.807, 2.05) is 13.8 Å². The zero-order chi connectivity index (χ0) is 20.2. The predicted molar refractivity (Wildman–Crippen MR) is 103 cm³/mol. The van der Waals surface area contributed by atoms with Crippen LogP contribution in [0.4, 0.5) is 0 Å². The number of fused-ring (bicyclic) bond motifs is 1. The van der Waals surface area contributed by atoms with Crippen molar-refractivity contribution in [3.05, 3.63) is 29.8 Å². The van der Waals surface area contributed by atoms with Gasteiger partial charge in [-0.1, -0.05) is 32.4 Å². The summed E-state index contributed by atoms with van der Waals surface area (Å²) in [6.45, 7) is 7.64. The third kappa shape index (κ3) is 4.65. The highest BCUT2D eigenvalue weighted by atomic mass is 32.2. The first-order chi connectivity index (χ1) is 12.7. The van der Waals surface area contributed by atoms with Crippen LogP contribution in [0.1, 0.15) is 39.7 Å². The maximum absolute atomic E-state index is 12.7. The van der Waals surface area contributed by atoms with E-state index < -0.39 is 28.0 Å². The van der Waals surface area contributed by atoms with E-state index in [9.17, 15) is 18.0 Å². The van der Waals surface area contributed by atoms with E-state index in [1.165, 1.54) is 6.07 Å². The van der Waals surface area contributed by atoms with Crippen molar-refractivity contribution < 1.29 is 18.0 Å². The van der Waals surface area contributed by atoms with Gasteiger partial charge < -0.3 is 10.6 Å². The molecule has 27 heavy (non-hydrogen) atoms. The number of benzene rings is 1. The van der Waals surface area contributed by atoms with Gasteiger partial charge in [-0.05, 0) is 31.9 Å². The van der Waals surface area contributed by atoms with Crippen molar-refractivity contribution in [1.29, 1.82) is 0 Å². The van der Waals surface area contributed by atoms with Gasteiger partial charge in [0, 0.05) is 12.1 Å². The lowest BCUT2D eigenvalue weighted by atomic mass is 9.98. The van der Waals surface area contributed by atoms with Crippen molar-refractivity contribution in [3.8, 4) is 0 Å². The van der Waals surface area contributed by atoms with Crippen LogP contribution in [0.15, 0.2) is 34.2 Å². The second-order valence-corrected chi connectivity index (χ2v) is 8.19. The molecule has 1 aromatic carbocycles. The number of carbonyl (C=O) groups is 2. The van der Waals surface area contributed by atoms with Gasteiger partial charge >= 0.3 is 0 Å². The summed E-state index contributed by atoms with van der Waals surface area (Å²) in [5.41, 5.74) is 0.440. The molecule has 0 radical (unpaired) electrons. The topological polar surface area (TPSA) is 117 Å². The minimum absolute atomic E-state index is 0.141. The molecule has 9 heteroatoms. The predicted octanol–water partition coefficient (Wildman–Crippen LogP) is 0.781. The minimum atomic E-state index is -3.68. The first-order valence-electron chi connectivity index (χ1n) is 8.99. The second-order valence-electron chi connectivity index (χ2n) is 6.53. The number of hydrogen-bond donors (Lipinski definition) is 3. The van der Waals surface area contributed by atoms with Gasteiger partial charge in [0.05, 0.1) is 4.90 Å². The summed E-state index contributed by atoms with van der Waals surface area (Å²) < 4.78 is 26.9. The molecule has 0 aliphatic carbocycles. The summed E-state index contributed by atoms with van der Waals surface area (Å²) in [6, 6.07) is 4.96. The number of amidine groups is 1. The Bertz CT molecular complexity index is 851. The molecule has 0 saturated carbocycles. The van der Waals surface area contributed by atoms with Gasteiger partial charge in [0.2, 0.25) is 11.8 Å². The Kier molecular flexibility index (Phi) is 6.59. The molecule has 0 bridgehead atoms. The fraction of sp³-hybridized carbons (Fsp3) is 0.500. The van der Waals surface area contributed by atoms with Gasteiger partial charge in [-0.3, -0.25) is 19.3 Å². The summed E-state index contributed by atoms with van der Waals surface area (Å²) in [7, 11) is -3.68. The minimum Gasteiger partial charge on any atom is -0.355 e. The van der Waals surface area contributed by atoms with Crippen LogP contribution in [0.25, 0.3) is 0 Å². The molecule has 0 spiro atoms. The summed E-state index contributed by atoms with van der Waals surface area (Å²) in [5, 5.41) is 5.31. The average molecular weight is 394 g/mol. The zero-order valence-electron chi connectivity index (χ0n) is 15.9. The summed E-state index contributed by atoms with van der Waals surface area (Å²) in [4.78, 5) is 29.2. The van der Waals surface area contributed by atoms with Crippen molar-refractivity contribution in [2.75, 3.05) is 6.54 Å². The lowest BCUT2D eigenvalue weighted by Crippen LogP contribution is -2.49. The van der Waals surface area contributed by atoms with Crippen molar-refractivity contribution in [3.63, 3.8) is 0 Å². The third-order valence-electron chi connectivity index (χ3n) is 4.49. The number of aliphatic imine (C=N–C) groups is 1. The maximum atomic E-state index is 12.7. The van der Waals surface area contributed by atoms with Crippen molar-refractivity contribution in [2.24, 2.45) is 10.9 Å². The largest absolute Gasteiger partial charge is 0.355 e. The highest BCUT2D eigenvalue weighted by Crippen LogP contribution is 2.24. The monoisotopic (exact) mass is 394 g/mol. The average Bonchev–Trinajstić information content (AvgIpc) is 2.89. The molecular formula is C18H26N4O4S. The molecular weight excluding hydrogens is 368 g/mol. The molecule has 148 valence electrons. The molecule has 1 aliphatic heterocycles. The number of nitrogens with zero attached hydrogens (tertiary/aromatic N) is 1. The number of amides is 2. The van der Waals surface area contributed by atoms with Crippen molar-refractivity contribution in [2.45, 2.75) is 51.1 Å². The fourth-order valence-electron chi connectivity index (χ4n) is 2.73. The standard InChI is InChI=1S/C18H26N4O4S/c1-5-11(3)15(18(24)20-12(4)17(23)19-6-2)21-16-13-9-7-8-10-14(13)27(25,26)22-16/h7-12,15H,5-6H2,1-4H3,(H,19,23)(H,20,24)(H,21,22)/t11-,12+,15-/m1/s1. The number of likely N-dealkylation sites (N-methyl/N-ethyl adjacent to an activating group) is 1. The van der Waals surface area contributed by atoms with Crippen LogP contribution in [0.3, 0.4) is 0 Å². The number of nitrogens with one attached hydrogen (secondary N) is 3. The Hall–Kier alpha value is -2.42. The van der Waals surface area contributed by atoms with E-state index in [1.54, 1.807) is 32.0 Å². The highest BCUT2D eigenvalue weighted by molar-refractivity contribution is 7.90. The second kappa shape index (κ2) is 8.51.